The van der Waals surface area contributed by atoms with Gasteiger partial charge in [-0.15, -0.1) is 0 Å². The zero-order valence-electron chi connectivity index (χ0n) is 11.1. The number of nitrogens with two attached hydrogens (primary N) is 1. The van der Waals surface area contributed by atoms with E-state index in [4.69, 9.17) is 5.73 Å². The van der Waals surface area contributed by atoms with E-state index in [1.807, 2.05) is 4.90 Å². The van der Waals surface area contributed by atoms with Gasteiger partial charge in [0.25, 0.3) is 0 Å². The zero-order valence-corrected chi connectivity index (χ0v) is 11.1. The summed E-state index contributed by atoms with van der Waals surface area (Å²) in [6.45, 7) is 0. The molecule has 1 aliphatic carbocycles. The van der Waals surface area contributed by atoms with E-state index in [1.165, 1.54) is 0 Å². The maximum absolute atomic E-state index is 12.7. The summed E-state index contributed by atoms with van der Waals surface area (Å²) >= 11 is 0. The first-order valence-corrected chi connectivity index (χ1v) is 7.40. The molecule has 106 valence electrons. The minimum atomic E-state index is -0.752. The van der Waals surface area contributed by atoms with Crippen LogP contribution in [0.1, 0.15) is 44.9 Å². The highest BCUT2D eigenvalue weighted by Crippen LogP contribution is 2.43. The van der Waals surface area contributed by atoms with Gasteiger partial charge in [0.2, 0.25) is 5.91 Å². The molecule has 0 spiro atoms. The summed E-state index contributed by atoms with van der Waals surface area (Å²) in [6.07, 6.45) is 6.39. The van der Waals surface area contributed by atoms with Crippen LogP contribution in [-0.2, 0) is 9.59 Å². The Morgan fingerprint density at radius 3 is 2.42 bits per heavy atom. The van der Waals surface area contributed by atoms with Crippen LogP contribution in [0.25, 0.3) is 0 Å². The standard InChI is InChI=1S/C14H22N2O3/c15-11-4-2-1-3-9(11)13(17)16-8-5-6-12(16)10(7-8)14(18)19/h8-12H,1-7,15H2,(H,18,19). The van der Waals surface area contributed by atoms with Crippen molar-refractivity contribution in [1.29, 1.82) is 0 Å². The monoisotopic (exact) mass is 266 g/mol. The van der Waals surface area contributed by atoms with Crippen molar-refractivity contribution in [3.8, 4) is 0 Å². The second kappa shape index (κ2) is 4.78. The number of carbonyl (C=O) groups excluding carboxylic acids is 1. The largest absolute Gasteiger partial charge is 0.481 e. The van der Waals surface area contributed by atoms with Crippen LogP contribution in [0.3, 0.4) is 0 Å². The van der Waals surface area contributed by atoms with Gasteiger partial charge in [0.15, 0.2) is 0 Å². The molecule has 2 heterocycles. The maximum Gasteiger partial charge on any atom is 0.308 e. The van der Waals surface area contributed by atoms with E-state index in [1.54, 1.807) is 0 Å². The molecule has 5 unspecified atom stereocenters. The molecule has 3 rings (SSSR count). The third-order valence-electron chi connectivity index (χ3n) is 5.25. The predicted octanol–water partition coefficient (Wildman–Crippen LogP) is 0.968. The molecule has 19 heavy (non-hydrogen) atoms. The number of hydrogen-bond donors (Lipinski definition) is 2. The third kappa shape index (κ3) is 2.04. The molecule has 1 saturated carbocycles. The lowest BCUT2D eigenvalue weighted by molar-refractivity contribution is -0.144. The van der Waals surface area contributed by atoms with Gasteiger partial charge in [-0.25, -0.2) is 0 Å². The molecular weight excluding hydrogens is 244 g/mol. The lowest BCUT2D eigenvalue weighted by Gasteiger charge is -2.33. The number of nitrogens with zero attached hydrogens (tertiary/aromatic N) is 1. The van der Waals surface area contributed by atoms with E-state index >= 15 is 0 Å². The van der Waals surface area contributed by atoms with Gasteiger partial charge in [0, 0.05) is 18.1 Å². The minimum absolute atomic E-state index is 0.0375. The molecule has 2 saturated heterocycles. The van der Waals surface area contributed by atoms with Crippen molar-refractivity contribution in [3.05, 3.63) is 0 Å². The van der Waals surface area contributed by atoms with Gasteiger partial charge in [0.05, 0.1) is 11.8 Å². The van der Waals surface area contributed by atoms with Crippen molar-refractivity contribution in [3.63, 3.8) is 0 Å². The van der Waals surface area contributed by atoms with E-state index in [9.17, 15) is 14.7 Å². The lowest BCUT2D eigenvalue weighted by Crippen LogP contribution is -2.48. The average Bonchev–Trinajstić information content (AvgIpc) is 2.96. The number of aliphatic carboxylic acids is 1. The SMILES string of the molecule is NC1CCCCC1C(=O)N1C2CCC1C(C(=O)O)C2. The van der Waals surface area contributed by atoms with Crippen LogP contribution >= 0.6 is 0 Å². The summed E-state index contributed by atoms with van der Waals surface area (Å²) in [5, 5.41) is 9.23. The first-order valence-electron chi connectivity index (χ1n) is 7.40. The fourth-order valence-corrected chi connectivity index (χ4v) is 4.26. The summed E-state index contributed by atoms with van der Waals surface area (Å²) in [6, 6.07) is 0.0291. The Morgan fingerprint density at radius 2 is 1.79 bits per heavy atom. The average molecular weight is 266 g/mol. The van der Waals surface area contributed by atoms with Crippen molar-refractivity contribution in [2.45, 2.75) is 63.1 Å². The molecule has 3 fully saturated rings. The number of amides is 1. The molecule has 0 radical (unpaired) electrons. The highest BCUT2D eigenvalue weighted by molar-refractivity contribution is 5.83. The smallest absolute Gasteiger partial charge is 0.308 e. The van der Waals surface area contributed by atoms with Gasteiger partial charge < -0.3 is 15.7 Å². The van der Waals surface area contributed by atoms with Crippen LogP contribution in [0.5, 0.6) is 0 Å². The van der Waals surface area contributed by atoms with Crippen LogP contribution in [0.4, 0.5) is 0 Å². The summed E-state index contributed by atoms with van der Waals surface area (Å²) in [5.74, 6) is -1.06. The van der Waals surface area contributed by atoms with Crippen molar-refractivity contribution in [2.24, 2.45) is 17.6 Å². The Balaban J connectivity index is 1.75. The first kappa shape index (κ1) is 12.9. The molecule has 3 N–H and O–H groups in total. The molecule has 5 atom stereocenters. The molecule has 2 aliphatic heterocycles. The molecule has 5 heteroatoms. The summed E-state index contributed by atoms with van der Waals surface area (Å²) in [7, 11) is 0. The van der Waals surface area contributed by atoms with Gasteiger partial charge in [-0.2, -0.15) is 0 Å². The molecule has 1 amide bonds. The van der Waals surface area contributed by atoms with Crippen LogP contribution in [-0.4, -0.2) is 40.0 Å². The highest BCUT2D eigenvalue weighted by Gasteiger charge is 2.52. The predicted molar refractivity (Wildman–Crippen MR) is 69.3 cm³/mol. The summed E-state index contributed by atoms with van der Waals surface area (Å²) in [4.78, 5) is 25.8. The van der Waals surface area contributed by atoms with E-state index in [2.05, 4.69) is 0 Å². The maximum atomic E-state index is 12.7. The first-order chi connectivity index (χ1) is 9.09. The quantitative estimate of drug-likeness (QED) is 0.780. The molecular formula is C14H22N2O3. The van der Waals surface area contributed by atoms with E-state index in [-0.39, 0.29) is 35.9 Å². The highest BCUT2D eigenvalue weighted by atomic mass is 16.4. The summed E-state index contributed by atoms with van der Waals surface area (Å²) in [5.41, 5.74) is 6.09. The summed E-state index contributed by atoms with van der Waals surface area (Å²) < 4.78 is 0. The molecule has 2 bridgehead atoms. The van der Waals surface area contributed by atoms with Gasteiger partial charge in [-0.1, -0.05) is 12.8 Å². The molecule has 0 aromatic heterocycles. The number of carbonyl (C=O) groups is 2. The topological polar surface area (TPSA) is 83.6 Å². The molecule has 3 aliphatic rings. The molecule has 0 aromatic rings. The molecule has 5 nitrogen and oxygen atoms in total. The Labute approximate surface area is 113 Å². The number of carboxylic acids is 1. The fourth-order valence-electron chi connectivity index (χ4n) is 4.26. The van der Waals surface area contributed by atoms with Crippen LogP contribution in [0.15, 0.2) is 0 Å². The van der Waals surface area contributed by atoms with E-state index in [0.29, 0.717) is 6.42 Å². The van der Waals surface area contributed by atoms with Crippen LogP contribution in [0, 0.1) is 11.8 Å². The Hall–Kier alpha value is -1.10. The Kier molecular flexibility index (Phi) is 3.25. The second-order valence-corrected chi connectivity index (χ2v) is 6.28. The lowest BCUT2D eigenvalue weighted by atomic mass is 9.84. The van der Waals surface area contributed by atoms with E-state index in [0.717, 1.165) is 38.5 Å². The Morgan fingerprint density at radius 1 is 1.05 bits per heavy atom. The second-order valence-electron chi connectivity index (χ2n) is 6.28. The number of rotatable bonds is 2. The minimum Gasteiger partial charge on any atom is -0.481 e. The Bertz CT molecular complexity index is 398. The zero-order chi connectivity index (χ0) is 13.6. The number of carboxylic acid groups (broad SMARTS) is 1. The van der Waals surface area contributed by atoms with Crippen molar-refractivity contribution < 1.29 is 14.7 Å². The van der Waals surface area contributed by atoms with Gasteiger partial charge in [-0.3, -0.25) is 9.59 Å². The van der Waals surface area contributed by atoms with Gasteiger partial charge in [-0.05, 0) is 32.1 Å². The fraction of sp³-hybridized carbons (Fsp3) is 0.857. The van der Waals surface area contributed by atoms with Crippen LogP contribution < -0.4 is 5.73 Å². The van der Waals surface area contributed by atoms with Crippen molar-refractivity contribution >= 4 is 11.9 Å². The third-order valence-corrected chi connectivity index (χ3v) is 5.25. The number of hydrogen-bond acceptors (Lipinski definition) is 3. The van der Waals surface area contributed by atoms with Crippen molar-refractivity contribution in [2.75, 3.05) is 0 Å². The van der Waals surface area contributed by atoms with E-state index < -0.39 is 5.97 Å². The molecule has 0 aromatic carbocycles. The van der Waals surface area contributed by atoms with Crippen molar-refractivity contribution in [1.82, 2.24) is 4.90 Å². The van der Waals surface area contributed by atoms with Crippen LogP contribution in [0.2, 0.25) is 0 Å². The number of fused-ring (bicyclic) bond motifs is 2. The van der Waals surface area contributed by atoms with Gasteiger partial charge in [0.1, 0.15) is 0 Å². The van der Waals surface area contributed by atoms with Gasteiger partial charge >= 0.3 is 5.97 Å². The normalized spacial score (nSPS) is 41.5.